The molecule has 1 saturated carbocycles. The fourth-order valence-electron chi connectivity index (χ4n) is 6.62. The van der Waals surface area contributed by atoms with Crippen molar-refractivity contribution < 1.29 is 24.2 Å². The van der Waals surface area contributed by atoms with Crippen molar-refractivity contribution in [3.05, 3.63) is 64.0 Å². The molecule has 3 aromatic rings. The lowest BCUT2D eigenvalue weighted by atomic mass is 9.85. The first-order valence-electron chi connectivity index (χ1n) is 14.6. The van der Waals surface area contributed by atoms with Gasteiger partial charge in [-0.1, -0.05) is 24.6 Å². The Morgan fingerprint density at radius 1 is 1.07 bits per heavy atom. The Kier molecular flexibility index (Phi) is 7.99. The number of hydrogen-bond acceptors (Lipinski definition) is 7. The van der Waals surface area contributed by atoms with Crippen LogP contribution in [0, 0.1) is 24.7 Å². The van der Waals surface area contributed by atoms with Crippen LogP contribution in [-0.2, 0) is 22.6 Å². The summed E-state index contributed by atoms with van der Waals surface area (Å²) >= 11 is 1.61. The van der Waals surface area contributed by atoms with Gasteiger partial charge in [-0.2, -0.15) is 0 Å². The summed E-state index contributed by atoms with van der Waals surface area (Å²) in [6, 6.07) is 12.1. The molecule has 3 atom stereocenters. The molecule has 1 aliphatic carbocycles. The number of aryl methyl sites for hydroxylation is 2. The summed E-state index contributed by atoms with van der Waals surface area (Å²) in [4.78, 5) is 33.9. The SMILES string of the molecule is CCc1cc(C(=O)N2CCOCC2)ccc1COc1ccc(C)cc1-c1csc(N2C[C@H]3CC[C@@H](C2)C3C(=O)O)n1. The zero-order valence-electron chi connectivity index (χ0n) is 23.7. The minimum atomic E-state index is -0.650. The lowest BCUT2D eigenvalue weighted by Gasteiger charge is -2.35. The Bertz CT molecular complexity index is 1420. The second kappa shape index (κ2) is 11.8. The highest BCUT2D eigenvalue weighted by Gasteiger charge is 2.46. The first-order chi connectivity index (χ1) is 19.9. The van der Waals surface area contributed by atoms with E-state index in [2.05, 4.69) is 30.2 Å². The molecular weight excluding hydrogens is 538 g/mol. The van der Waals surface area contributed by atoms with Gasteiger partial charge in [-0.25, -0.2) is 4.98 Å². The Hall–Kier alpha value is -3.43. The lowest BCUT2D eigenvalue weighted by molar-refractivity contribution is -0.144. The smallest absolute Gasteiger partial charge is 0.307 e. The molecule has 3 aliphatic rings. The molecule has 2 aromatic carbocycles. The minimum absolute atomic E-state index is 0.0517. The predicted octanol–water partition coefficient (Wildman–Crippen LogP) is 5.28. The molecule has 3 fully saturated rings. The first-order valence-corrected chi connectivity index (χ1v) is 15.4. The number of carbonyl (C=O) groups excluding carboxylic acids is 1. The zero-order valence-corrected chi connectivity index (χ0v) is 24.5. The summed E-state index contributed by atoms with van der Waals surface area (Å²) in [5, 5.41) is 12.7. The number of hydrogen-bond donors (Lipinski definition) is 1. The molecule has 3 heterocycles. The summed E-state index contributed by atoms with van der Waals surface area (Å²) in [6.07, 6.45) is 2.77. The van der Waals surface area contributed by atoms with E-state index in [0.29, 0.717) is 38.5 Å². The lowest BCUT2D eigenvalue weighted by Crippen LogP contribution is -2.44. The number of nitrogens with zero attached hydrogens (tertiary/aromatic N) is 3. The standard InChI is InChI=1S/C32H37N3O5S/c1-3-21-15-22(30(36)34-10-12-39-13-11-34)5-8-25(21)18-40-28-9-4-20(2)14-26(28)27-19-41-32(33-27)35-16-23-6-7-24(17-35)29(23)31(37)38/h4-5,8-9,14-15,19,23-24,29H,3,6-7,10-13,16-18H2,1-2H3,(H,37,38)/t23-,24+,29?. The van der Waals surface area contributed by atoms with Crippen molar-refractivity contribution in [3.8, 4) is 17.0 Å². The van der Waals surface area contributed by atoms with Crippen LogP contribution in [0.1, 0.15) is 46.8 Å². The zero-order chi connectivity index (χ0) is 28.5. The number of rotatable bonds is 8. The summed E-state index contributed by atoms with van der Waals surface area (Å²) in [5.41, 5.74) is 5.83. The molecule has 1 aromatic heterocycles. The second-order valence-corrected chi connectivity index (χ2v) is 12.2. The average Bonchev–Trinajstić information content (AvgIpc) is 3.59. The number of ether oxygens (including phenoxy) is 2. The van der Waals surface area contributed by atoms with Gasteiger partial charge in [0.05, 0.1) is 24.8 Å². The number of carbonyl (C=O) groups is 2. The van der Waals surface area contributed by atoms with Gasteiger partial charge < -0.3 is 24.4 Å². The average molecular weight is 576 g/mol. The number of piperidine rings is 1. The van der Waals surface area contributed by atoms with Crippen molar-refractivity contribution in [3.63, 3.8) is 0 Å². The van der Waals surface area contributed by atoms with Crippen LogP contribution in [0.25, 0.3) is 11.3 Å². The molecule has 8 nitrogen and oxygen atoms in total. The van der Waals surface area contributed by atoms with E-state index >= 15 is 0 Å². The van der Waals surface area contributed by atoms with Gasteiger partial charge in [0.1, 0.15) is 12.4 Å². The fraction of sp³-hybridized carbons (Fsp3) is 0.469. The monoisotopic (exact) mass is 575 g/mol. The van der Waals surface area contributed by atoms with Crippen molar-refractivity contribution in [2.24, 2.45) is 17.8 Å². The van der Waals surface area contributed by atoms with Crippen LogP contribution in [0.4, 0.5) is 5.13 Å². The molecule has 2 aliphatic heterocycles. The van der Waals surface area contributed by atoms with Crippen molar-refractivity contribution in [1.82, 2.24) is 9.88 Å². The Labute approximate surface area is 244 Å². The molecule has 2 bridgehead atoms. The van der Waals surface area contributed by atoms with Crippen LogP contribution in [0.15, 0.2) is 41.8 Å². The van der Waals surface area contributed by atoms with E-state index in [1.807, 2.05) is 35.2 Å². The maximum Gasteiger partial charge on any atom is 0.307 e. The molecule has 1 amide bonds. The molecule has 2 saturated heterocycles. The van der Waals surface area contributed by atoms with Crippen molar-refractivity contribution in [2.45, 2.75) is 39.7 Å². The molecule has 41 heavy (non-hydrogen) atoms. The maximum absolute atomic E-state index is 13.0. The summed E-state index contributed by atoms with van der Waals surface area (Å²) in [5.74, 6) is 0.341. The number of carboxylic acids is 1. The van der Waals surface area contributed by atoms with E-state index < -0.39 is 5.97 Å². The van der Waals surface area contributed by atoms with Gasteiger partial charge in [-0.05, 0) is 73.4 Å². The van der Waals surface area contributed by atoms with Crippen LogP contribution in [-0.4, -0.2) is 66.3 Å². The van der Waals surface area contributed by atoms with E-state index in [1.165, 1.54) is 0 Å². The number of anilines is 1. The third-order valence-corrected chi connectivity index (χ3v) is 9.71. The van der Waals surface area contributed by atoms with Crippen molar-refractivity contribution in [2.75, 3.05) is 44.3 Å². The van der Waals surface area contributed by atoms with Gasteiger partial charge in [0, 0.05) is 42.7 Å². The number of benzene rings is 2. The van der Waals surface area contributed by atoms with Crippen LogP contribution < -0.4 is 9.64 Å². The molecule has 216 valence electrons. The summed E-state index contributed by atoms with van der Waals surface area (Å²) in [7, 11) is 0. The van der Waals surface area contributed by atoms with Crippen LogP contribution in [0.5, 0.6) is 5.75 Å². The molecule has 1 N–H and O–H groups in total. The van der Waals surface area contributed by atoms with Gasteiger partial charge in [0.2, 0.25) is 0 Å². The van der Waals surface area contributed by atoms with E-state index in [1.54, 1.807) is 11.3 Å². The number of morpholine rings is 1. The molecular formula is C32H37N3O5S. The number of amides is 1. The molecule has 9 heteroatoms. The van der Waals surface area contributed by atoms with Gasteiger partial charge in [0.25, 0.3) is 5.91 Å². The predicted molar refractivity (Wildman–Crippen MR) is 159 cm³/mol. The van der Waals surface area contributed by atoms with E-state index in [0.717, 1.165) is 71.2 Å². The highest BCUT2D eigenvalue weighted by Crippen LogP contribution is 2.44. The highest BCUT2D eigenvalue weighted by molar-refractivity contribution is 7.14. The number of aromatic nitrogens is 1. The molecule has 1 unspecified atom stereocenters. The van der Waals surface area contributed by atoms with Crippen LogP contribution in [0.2, 0.25) is 0 Å². The first kappa shape index (κ1) is 27.7. The number of aliphatic carboxylic acids is 1. The maximum atomic E-state index is 13.0. The van der Waals surface area contributed by atoms with E-state index in [-0.39, 0.29) is 23.7 Å². The Balaban J connectivity index is 1.18. The fourth-order valence-corrected chi connectivity index (χ4v) is 7.46. The van der Waals surface area contributed by atoms with Gasteiger partial charge in [-0.15, -0.1) is 11.3 Å². The Morgan fingerprint density at radius 3 is 2.54 bits per heavy atom. The van der Waals surface area contributed by atoms with Crippen LogP contribution >= 0.6 is 11.3 Å². The number of fused-ring (bicyclic) bond motifs is 2. The normalized spacial score (nSPS) is 22.1. The topological polar surface area (TPSA) is 92.2 Å². The van der Waals surface area contributed by atoms with Gasteiger partial charge in [0.15, 0.2) is 5.13 Å². The third kappa shape index (κ3) is 5.70. The van der Waals surface area contributed by atoms with Crippen molar-refractivity contribution >= 4 is 28.3 Å². The second-order valence-electron chi connectivity index (χ2n) is 11.4. The molecule has 0 spiro atoms. The van der Waals surface area contributed by atoms with E-state index in [9.17, 15) is 14.7 Å². The quantitative estimate of drug-likeness (QED) is 0.391. The summed E-state index contributed by atoms with van der Waals surface area (Å²) in [6.45, 7) is 8.49. The number of carboxylic acid groups (broad SMARTS) is 1. The van der Waals surface area contributed by atoms with Gasteiger partial charge >= 0.3 is 5.97 Å². The van der Waals surface area contributed by atoms with E-state index in [4.69, 9.17) is 14.5 Å². The van der Waals surface area contributed by atoms with Gasteiger partial charge in [-0.3, -0.25) is 9.59 Å². The summed E-state index contributed by atoms with van der Waals surface area (Å²) < 4.78 is 11.8. The highest BCUT2D eigenvalue weighted by atomic mass is 32.1. The number of thiazole rings is 1. The van der Waals surface area contributed by atoms with Crippen LogP contribution in [0.3, 0.4) is 0 Å². The Morgan fingerprint density at radius 2 is 1.83 bits per heavy atom. The minimum Gasteiger partial charge on any atom is -0.488 e. The molecule has 6 rings (SSSR count). The third-order valence-electron chi connectivity index (χ3n) is 8.81. The van der Waals surface area contributed by atoms with Crippen molar-refractivity contribution in [1.29, 1.82) is 0 Å². The molecule has 0 radical (unpaired) electrons. The largest absolute Gasteiger partial charge is 0.488 e.